The van der Waals surface area contributed by atoms with Crippen molar-refractivity contribution in [3.8, 4) is 0 Å². The van der Waals surface area contributed by atoms with Crippen LogP contribution in [0.4, 0.5) is 18.9 Å². The zero-order valence-electron chi connectivity index (χ0n) is 10.3. The minimum atomic E-state index is -4.40. The molecule has 0 spiro atoms. The molecule has 2 rings (SSSR count). The average Bonchev–Trinajstić information content (AvgIpc) is 2.68. The van der Waals surface area contributed by atoms with Gasteiger partial charge in [-0.15, -0.1) is 0 Å². The number of anilines is 1. The first-order chi connectivity index (χ1) is 9.29. The van der Waals surface area contributed by atoms with Gasteiger partial charge >= 0.3 is 6.18 Å². The molecule has 1 aromatic heterocycles. The molecule has 0 unspecified atom stereocenters. The van der Waals surface area contributed by atoms with Crippen molar-refractivity contribution >= 4 is 33.2 Å². The Morgan fingerprint density at radius 3 is 2.65 bits per heavy atom. The molecular weight excluding hydrogens is 359 g/mol. The number of alkyl halides is 3. The number of nitrogens with zero attached hydrogens (tertiary/aromatic N) is 2. The molecule has 20 heavy (non-hydrogen) atoms. The molecule has 1 N–H and O–H groups in total. The van der Waals surface area contributed by atoms with E-state index in [1.165, 1.54) is 12.3 Å². The SMILES string of the molecule is Cn1c(Cl)cnc1CNc1ccc(Br)c(C(F)(F)F)c1. The predicted octanol–water partition coefficient (Wildman–Crippen LogP) is 4.47. The van der Waals surface area contributed by atoms with Crippen LogP contribution in [0.3, 0.4) is 0 Å². The van der Waals surface area contributed by atoms with Crippen molar-refractivity contribution in [2.45, 2.75) is 12.7 Å². The van der Waals surface area contributed by atoms with Crippen molar-refractivity contribution in [1.29, 1.82) is 0 Å². The number of aromatic nitrogens is 2. The van der Waals surface area contributed by atoms with E-state index in [9.17, 15) is 13.2 Å². The van der Waals surface area contributed by atoms with E-state index in [1.54, 1.807) is 17.7 Å². The molecule has 1 heterocycles. The topological polar surface area (TPSA) is 29.9 Å². The lowest BCUT2D eigenvalue weighted by Gasteiger charge is -2.12. The third kappa shape index (κ3) is 3.27. The van der Waals surface area contributed by atoms with Crippen molar-refractivity contribution in [2.24, 2.45) is 7.05 Å². The summed E-state index contributed by atoms with van der Waals surface area (Å²) in [5.41, 5.74) is -0.361. The van der Waals surface area contributed by atoms with Gasteiger partial charge in [0.05, 0.1) is 18.3 Å². The molecule has 0 saturated carbocycles. The number of halogens is 5. The Kier molecular flexibility index (Phi) is 4.29. The van der Waals surface area contributed by atoms with Crippen molar-refractivity contribution in [3.63, 3.8) is 0 Å². The summed E-state index contributed by atoms with van der Waals surface area (Å²) >= 11 is 8.73. The van der Waals surface area contributed by atoms with Gasteiger partial charge in [0.15, 0.2) is 0 Å². The molecule has 8 heteroatoms. The maximum atomic E-state index is 12.8. The van der Waals surface area contributed by atoms with E-state index in [-0.39, 0.29) is 11.0 Å². The summed E-state index contributed by atoms with van der Waals surface area (Å²) in [6.07, 6.45) is -2.91. The zero-order valence-corrected chi connectivity index (χ0v) is 12.6. The zero-order chi connectivity index (χ0) is 14.9. The summed E-state index contributed by atoms with van der Waals surface area (Å²) in [4.78, 5) is 4.06. The van der Waals surface area contributed by atoms with Crippen LogP contribution in [0.5, 0.6) is 0 Å². The summed E-state index contributed by atoms with van der Waals surface area (Å²) in [5, 5.41) is 3.36. The highest BCUT2D eigenvalue weighted by Crippen LogP contribution is 2.36. The molecule has 0 aliphatic heterocycles. The van der Waals surface area contributed by atoms with Gasteiger partial charge in [-0.25, -0.2) is 4.98 Å². The second-order valence-corrected chi connectivity index (χ2v) is 5.34. The van der Waals surface area contributed by atoms with Gasteiger partial charge in [-0.2, -0.15) is 13.2 Å². The first-order valence-electron chi connectivity index (χ1n) is 5.55. The van der Waals surface area contributed by atoms with Crippen LogP contribution >= 0.6 is 27.5 Å². The van der Waals surface area contributed by atoms with E-state index in [2.05, 4.69) is 26.2 Å². The lowest BCUT2D eigenvalue weighted by Crippen LogP contribution is -2.09. The van der Waals surface area contributed by atoms with Gasteiger partial charge in [0.2, 0.25) is 0 Å². The molecule has 0 bridgehead atoms. The summed E-state index contributed by atoms with van der Waals surface area (Å²) in [6, 6.07) is 3.97. The second-order valence-electron chi connectivity index (χ2n) is 4.10. The van der Waals surface area contributed by atoms with Gasteiger partial charge in [-0.1, -0.05) is 27.5 Å². The van der Waals surface area contributed by atoms with Gasteiger partial charge in [-0.05, 0) is 18.2 Å². The Hall–Kier alpha value is -1.21. The molecule has 0 aliphatic carbocycles. The fraction of sp³-hybridized carbons (Fsp3) is 0.250. The Morgan fingerprint density at radius 1 is 1.40 bits per heavy atom. The fourth-order valence-corrected chi connectivity index (χ4v) is 2.24. The number of hydrogen-bond acceptors (Lipinski definition) is 2. The van der Waals surface area contributed by atoms with Crippen LogP contribution in [0.15, 0.2) is 28.9 Å². The quantitative estimate of drug-likeness (QED) is 0.866. The van der Waals surface area contributed by atoms with Gasteiger partial charge in [0, 0.05) is 17.2 Å². The van der Waals surface area contributed by atoms with Crippen molar-refractivity contribution < 1.29 is 13.2 Å². The van der Waals surface area contributed by atoms with E-state index in [4.69, 9.17) is 11.6 Å². The highest BCUT2D eigenvalue weighted by molar-refractivity contribution is 9.10. The first kappa shape index (κ1) is 15.2. The molecule has 0 saturated heterocycles. The molecule has 0 aliphatic rings. The summed E-state index contributed by atoms with van der Waals surface area (Å²) in [5.74, 6) is 0.631. The van der Waals surface area contributed by atoms with Crippen LogP contribution < -0.4 is 5.32 Å². The minimum Gasteiger partial charge on any atom is -0.378 e. The lowest BCUT2D eigenvalue weighted by molar-refractivity contribution is -0.138. The number of benzene rings is 1. The van der Waals surface area contributed by atoms with E-state index >= 15 is 0 Å². The third-order valence-corrected chi connectivity index (χ3v) is 3.79. The van der Waals surface area contributed by atoms with E-state index in [0.29, 0.717) is 16.7 Å². The highest BCUT2D eigenvalue weighted by atomic mass is 79.9. The van der Waals surface area contributed by atoms with Crippen molar-refractivity contribution in [3.05, 3.63) is 45.4 Å². The van der Waals surface area contributed by atoms with Crippen LogP contribution in [-0.2, 0) is 19.8 Å². The number of imidazole rings is 1. The fourth-order valence-electron chi connectivity index (χ4n) is 1.62. The van der Waals surface area contributed by atoms with Crippen molar-refractivity contribution in [2.75, 3.05) is 5.32 Å². The summed E-state index contributed by atoms with van der Waals surface area (Å²) in [7, 11) is 1.73. The Bertz CT molecular complexity index is 625. The molecule has 1 aromatic carbocycles. The molecule has 3 nitrogen and oxygen atoms in total. The molecule has 0 radical (unpaired) electrons. The monoisotopic (exact) mass is 367 g/mol. The largest absolute Gasteiger partial charge is 0.417 e. The normalized spacial score (nSPS) is 11.7. The Balaban J connectivity index is 2.17. The predicted molar refractivity (Wildman–Crippen MR) is 74.7 cm³/mol. The molecule has 108 valence electrons. The number of nitrogens with one attached hydrogen (secondary N) is 1. The third-order valence-electron chi connectivity index (χ3n) is 2.75. The number of hydrogen-bond donors (Lipinski definition) is 1. The van der Waals surface area contributed by atoms with E-state index in [1.807, 2.05) is 0 Å². The van der Waals surface area contributed by atoms with Crippen LogP contribution in [-0.4, -0.2) is 9.55 Å². The van der Waals surface area contributed by atoms with Gasteiger partial charge < -0.3 is 9.88 Å². The summed E-state index contributed by atoms with van der Waals surface area (Å²) in [6.45, 7) is 0.280. The van der Waals surface area contributed by atoms with E-state index in [0.717, 1.165) is 6.07 Å². The summed E-state index contributed by atoms with van der Waals surface area (Å²) < 4.78 is 40.0. The Labute approximate surface area is 126 Å². The second kappa shape index (κ2) is 5.65. The molecule has 0 atom stereocenters. The highest BCUT2D eigenvalue weighted by Gasteiger charge is 2.33. The van der Waals surface area contributed by atoms with Gasteiger partial charge in [0.1, 0.15) is 11.0 Å². The molecule has 0 fully saturated rings. The standard InChI is InChI=1S/C12H10BrClF3N3/c1-20-10(14)5-19-11(20)6-18-7-2-3-9(13)8(4-7)12(15,16)17/h2-5,18H,6H2,1H3. The smallest absolute Gasteiger partial charge is 0.378 e. The minimum absolute atomic E-state index is 0.00980. The number of rotatable bonds is 3. The maximum Gasteiger partial charge on any atom is 0.417 e. The average molecular weight is 369 g/mol. The molecule has 0 amide bonds. The van der Waals surface area contributed by atoms with Gasteiger partial charge in [-0.3, -0.25) is 0 Å². The lowest BCUT2D eigenvalue weighted by atomic mass is 10.2. The molecular formula is C12H10BrClF3N3. The van der Waals surface area contributed by atoms with Crippen LogP contribution in [0, 0.1) is 0 Å². The maximum absolute atomic E-state index is 12.8. The Morgan fingerprint density at radius 2 is 2.10 bits per heavy atom. The van der Waals surface area contributed by atoms with E-state index < -0.39 is 11.7 Å². The molecule has 2 aromatic rings. The van der Waals surface area contributed by atoms with Crippen LogP contribution in [0.25, 0.3) is 0 Å². The van der Waals surface area contributed by atoms with Crippen LogP contribution in [0.2, 0.25) is 5.15 Å². The van der Waals surface area contributed by atoms with Crippen molar-refractivity contribution in [1.82, 2.24) is 9.55 Å². The van der Waals surface area contributed by atoms with Crippen LogP contribution in [0.1, 0.15) is 11.4 Å². The first-order valence-corrected chi connectivity index (χ1v) is 6.73. The van der Waals surface area contributed by atoms with Gasteiger partial charge in [0.25, 0.3) is 0 Å².